The molecule has 1 saturated carbocycles. The first-order valence-electron chi connectivity index (χ1n) is 11.2. The zero-order chi connectivity index (χ0) is 22.1. The third-order valence-electron chi connectivity index (χ3n) is 7.94. The van der Waals surface area contributed by atoms with Gasteiger partial charge in [0.1, 0.15) is 0 Å². The Morgan fingerprint density at radius 2 is 1.52 bits per heavy atom. The third kappa shape index (κ3) is 2.85. The Hall–Kier alpha value is -2.43. The SMILES string of the molecule is CN1C(=CC2C(O)C(CC3=Nc4ccccc4C3(C)C)C2O)C(C)(C)c2ccccc21. The van der Waals surface area contributed by atoms with E-state index >= 15 is 0 Å². The molecule has 3 aliphatic rings. The molecule has 1 aliphatic carbocycles. The highest BCUT2D eigenvalue weighted by Crippen LogP contribution is 2.50. The first-order chi connectivity index (χ1) is 14.6. The van der Waals surface area contributed by atoms with Crippen LogP contribution in [0.5, 0.6) is 0 Å². The van der Waals surface area contributed by atoms with Crippen LogP contribution in [0.2, 0.25) is 0 Å². The van der Waals surface area contributed by atoms with Crippen molar-refractivity contribution in [3.8, 4) is 0 Å². The first-order valence-corrected chi connectivity index (χ1v) is 11.2. The van der Waals surface area contributed by atoms with Crippen LogP contribution in [-0.4, -0.2) is 35.2 Å². The van der Waals surface area contributed by atoms with E-state index in [9.17, 15) is 10.2 Å². The topological polar surface area (TPSA) is 56.1 Å². The number of likely N-dealkylation sites (N-methyl/N-ethyl adjacent to an activating group) is 1. The number of para-hydroxylation sites is 2. The second-order valence-corrected chi connectivity index (χ2v) is 10.4. The molecular formula is C27H32N2O2. The average Bonchev–Trinajstić information content (AvgIpc) is 3.12. The highest BCUT2D eigenvalue weighted by Gasteiger charge is 2.51. The number of benzene rings is 2. The van der Waals surface area contributed by atoms with Crippen LogP contribution in [0.25, 0.3) is 0 Å². The third-order valence-corrected chi connectivity index (χ3v) is 7.94. The van der Waals surface area contributed by atoms with Crippen LogP contribution in [0.4, 0.5) is 11.4 Å². The van der Waals surface area contributed by atoms with Crippen LogP contribution < -0.4 is 4.90 Å². The van der Waals surface area contributed by atoms with E-state index in [1.807, 2.05) is 18.2 Å². The molecule has 2 aliphatic heterocycles. The van der Waals surface area contributed by atoms with Gasteiger partial charge in [0.2, 0.25) is 0 Å². The minimum atomic E-state index is -0.572. The van der Waals surface area contributed by atoms with Crippen molar-refractivity contribution in [2.75, 3.05) is 11.9 Å². The number of aliphatic imine (C=N–C) groups is 1. The lowest BCUT2D eigenvalue weighted by atomic mass is 9.64. The fraction of sp³-hybridized carbons (Fsp3) is 0.444. The highest BCUT2D eigenvalue weighted by molar-refractivity contribution is 6.01. The summed E-state index contributed by atoms with van der Waals surface area (Å²) in [5.41, 5.74) is 6.57. The average molecular weight is 417 g/mol. The van der Waals surface area contributed by atoms with Crippen LogP contribution in [0.3, 0.4) is 0 Å². The lowest BCUT2D eigenvalue weighted by molar-refractivity contribution is -0.128. The van der Waals surface area contributed by atoms with Gasteiger partial charge in [-0.05, 0) is 29.7 Å². The van der Waals surface area contributed by atoms with E-state index in [-0.39, 0.29) is 22.7 Å². The molecule has 2 aromatic carbocycles. The zero-order valence-electron chi connectivity index (χ0n) is 19.0. The Labute approximate surface area is 184 Å². The van der Waals surface area contributed by atoms with Crippen LogP contribution in [0, 0.1) is 11.8 Å². The Morgan fingerprint density at radius 1 is 0.903 bits per heavy atom. The molecule has 2 unspecified atom stereocenters. The number of allylic oxidation sites excluding steroid dienone is 1. The quantitative estimate of drug-likeness (QED) is 0.761. The molecule has 0 bridgehead atoms. The van der Waals surface area contributed by atoms with Crippen molar-refractivity contribution < 1.29 is 10.2 Å². The highest BCUT2D eigenvalue weighted by atomic mass is 16.3. The number of anilines is 1. The maximum absolute atomic E-state index is 11.0. The van der Waals surface area contributed by atoms with E-state index < -0.39 is 12.2 Å². The number of aliphatic hydroxyl groups is 2. The summed E-state index contributed by atoms with van der Waals surface area (Å²) in [5.74, 6) is -0.449. The number of hydrogen-bond acceptors (Lipinski definition) is 4. The standard InChI is InChI=1S/C27H32N2O2/c1-26(2)18-10-6-8-12-20(18)28-22(26)14-16-24(30)17(25(16)31)15-23-27(3,4)19-11-7-9-13-21(19)29(23)5/h6-13,15-17,24-25,30-31H,14H2,1-5H3. The van der Waals surface area contributed by atoms with Crippen molar-refractivity contribution in [2.24, 2.45) is 16.8 Å². The molecule has 4 nitrogen and oxygen atoms in total. The van der Waals surface area contributed by atoms with E-state index in [0.29, 0.717) is 6.42 Å². The largest absolute Gasteiger partial charge is 0.392 e. The van der Waals surface area contributed by atoms with Gasteiger partial charge in [-0.25, -0.2) is 0 Å². The van der Waals surface area contributed by atoms with Gasteiger partial charge in [0.15, 0.2) is 0 Å². The fourth-order valence-corrected chi connectivity index (χ4v) is 5.82. The molecule has 2 aromatic rings. The Bertz CT molecular complexity index is 1090. The summed E-state index contributed by atoms with van der Waals surface area (Å²) < 4.78 is 0. The van der Waals surface area contributed by atoms with Crippen LogP contribution in [-0.2, 0) is 10.8 Å². The molecule has 0 saturated heterocycles. The van der Waals surface area contributed by atoms with Gasteiger partial charge < -0.3 is 15.1 Å². The van der Waals surface area contributed by atoms with Crippen molar-refractivity contribution in [1.29, 1.82) is 0 Å². The van der Waals surface area contributed by atoms with Crippen molar-refractivity contribution in [3.05, 3.63) is 71.4 Å². The summed E-state index contributed by atoms with van der Waals surface area (Å²) in [6.07, 6.45) is 1.57. The normalized spacial score (nSPS) is 31.3. The van der Waals surface area contributed by atoms with E-state index in [1.165, 1.54) is 16.8 Å². The lowest BCUT2D eigenvalue weighted by Gasteiger charge is -2.47. The minimum Gasteiger partial charge on any atom is -0.392 e. The van der Waals surface area contributed by atoms with Gasteiger partial charge in [0, 0.05) is 46.8 Å². The number of aliphatic hydroxyl groups excluding tert-OH is 2. The summed E-state index contributed by atoms with van der Waals surface area (Å²) in [4.78, 5) is 7.05. The monoisotopic (exact) mass is 416 g/mol. The van der Waals surface area contributed by atoms with Crippen LogP contribution >= 0.6 is 0 Å². The molecule has 5 rings (SSSR count). The number of fused-ring (bicyclic) bond motifs is 2. The van der Waals surface area contributed by atoms with E-state index in [1.54, 1.807) is 0 Å². The van der Waals surface area contributed by atoms with Crippen LogP contribution in [0.1, 0.15) is 45.2 Å². The number of hydrogen-bond donors (Lipinski definition) is 2. The molecule has 2 heterocycles. The van der Waals surface area contributed by atoms with Gasteiger partial charge in [-0.3, -0.25) is 4.99 Å². The molecule has 0 radical (unpaired) electrons. The Kier molecular flexibility index (Phi) is 4.48. The maximum atomic E-state index is 11.0. The smallest absolute Gasteiger partial charge is 0.0685 e. The summed E-state index contributed by atoms with van der Waals surface area (Å²) in [5, 5.41) is 22.1. The van der Waals surface area contributed by atoms with Gasteiger partial charge in [-0.2, -0.15) is 0 Å². The Morgan fingerprint density at radius 3 is 2.16 bits per heavy atom. The molecule has 4 heteroatoms. The molecule has 1 fully saturated rings. The van der Waals surface area contributed by atoms with Crippen molar-refractivity contribution >= 4 is 17.1 Å². The fourth-order valence-electron chi connectivity index (χ4n) is 5.82. The van der Waals surface area contributed by atoms with Crippen molar-refractivity contribution in [2.45, 2.75) is 57.2 Å². The summed E-state index contributed by atoms with van der Waals surface area (Å²) in [6, 6.07) is 16.7. The van der Waals surface area contributed by atoms with Gasteiger partial charge in [-0.1, -0.05) is 70.2 Å². The van der Waals surface area contributed by atoms with Gasteiger partial charge in [-0.15, -0.1) is 0 Å². The van der Waals surface area contributed by atoms with Crippen molar-refractivity contribution in [3.63, 3.8) is 0 Å². The zero-order valence-corrected chi connectivity index (χ0v) is 19.0. The second-order valence-electron chi connectivity index (χ2n) is 10.4. The predicted molar refractivity (Wildman–Crippen MR) is 126 cm³/mol. The molecule has 0 spiro atoms. The Balaban J connectivity index is 1.37. The lowest BCUT2D eigenvalue weighted by Crippen LogP contribution is -2.56. The summed E-state index contributed by atoms with van der Waals surface area (Å²) in [7, 11) is 2.07. The molecule has 0 aromatic heterocycles. The molecule has 162 valence electrons. The van der Waals surface area contributed by atoms with E-state index in [2.05, 4.69) is 76.1 Å². The first kappa shape index (κ1) is 20.5. The minimum absolute atomic E-state index is 0.158. The number of nitrogens with zero attached hydrogens (tertiary/aromatic N) is 2. The van der Waals surface area contributed by atoms with Gasteiger partial charge in [0.05, 0.1) is 17.9 Å². The summed E-state index contributed by atoms with van der Waals surface area (Å²) in [6.45, 7) is 8.79. The molecule has 0 amide bonds. The summed E-state index contributed by atoms with van der Waals surface area (Å²) >= 11 is 0. The van der Waals surface area contributed by atoms with Gasteiger partial charge >= 0.3 is 0 Å². The van der Waals surface area contributed by atoms with E-state index in [4.69, 9.17) is 4.99 Å². The van der Waals surface area contributed by atoms with Crippen LogP contribution in [0.15, 0.2) is 65.3 Å². The molecule has 31 heavy (non-hydrogen) atoms. The van der Waals surface area contributed by atoms with Gasteiger partial charge in [0.25, 0.3) is 0 Å². The predicted octanol–water partition coefficient (Wildman–Crippen LogP) is 4.72. The van der Waals surface area contributed by atoms with E-state index in [0.717, 1.165) is 17.1 Å². The number of rotatable bonds is 3. The molecule has 2 N–H and O–H groups in total. The molecule has 2 atom stereocenters. The maximum Gasteiger partial charge on any atom is 0.0685 e. The van der Waals surface area contributed by atoms with Crippen molar-refractivity contribution in [1.82, 2.24) is 0 Å². The molecular weight excluding hydrogens is 384 g/mol. The second kappa shape index (κ2) is 6.78.